The van der Waals surface area contributed by atoms with Crippen LogP contribution in [0.3, 0.4) is 0 Å². The van der Waals surface area contributed by atoms with Gasteiger partial charge in [0.1, 0.15) is 11.5 Å². The molecule has 3 aliphatic rings. The van der Waals surface area contributed by atoms with E-state index in [0.29, 0.717) is 19.7 Å². The molecule has 3 rings (SSSR count). The molecule has 0 aromatic carbocycles. The van der Waals surface area contributed by atoms with Crippen molar-refractivity contribution in [3.05, 3.63) is 12.2 Å². The molecule has 2 fully saturated rings. The lowest BCUT2D eigenvalue weighted by molar-refractivity contribution is -0.148. The highest BCUT2D eigenvalue weighted by Crippen LogP contribution is 2.51. The molecule has 6 nitrogen and oxygen atoms in total. The van der Waals surface area contributed by atoms with Crippen molar-refractivity contribution in [3.8, 4) is 0 Å². The Hall–Kier alpha value is -1.40. The van der Waals surface area contributed by atoms with Gasteiger partial charge in [-0.3, -0.25) is 9.59 Å². The van der Waals surface area contributed by atoms with Crippen molar-refractivity contribution in [2.24, 2.45) is 11.8 Å². The highest BCUT2D eigenvalue weighted by molar-refractivity contribution is 5.90. The van der Waals surface area contributed by atoms with Crippen LogP contribution >= 0.6 is 0 Å². The van der Waals surface area contributed by atoms with Crippen LogP contribution in [0.4, 0.5) is 0 Å². The Kier molecular flexibility index (Phi) is 2.87. The SMILES string of the molecule is COCCCN1C[C@]23C=C[C@@H](O2)[C@@H](C(=O)O)[C@@H]3C1=O. The number of carbonyl (C=O) groups is 2. The molecule has 2 saturated heterocycles. The second kappa shape index (κ2) is 4.31. The molecular weight excluding hydrogens is 250 g/mol. The zero-order valence-electron chi connectivity index (χ0n) is 10.7. The van der Waals surface area contributed by atoms with Crippen LogP contribution in [0, 0.1) is 11.8 Å². The number of ether oxygens (including phenoxy) is 2. The fraction of sp³-hybridized carbons (Fsp3) is 0.692. The van der Waals surface area contributed by atoms with Crippen molar-refractivity contribution in [2.45, 2.75) is 18.1 Å². The molecule has 0 aromatic heterocycles. The minimum atomic E-state index is -0.951. The summed E-state index contributed by atoms with van der Waals surface area (Å²) in [5.74, 6) is -2.36. The number of hydrogen-bond donors (Lipinski definition) is 1. The van der Waals surface area contributed by atoms with Crippen molar-refractivity contribution in [2.75, 3.05) is 26.8 Å². The van der Waals surface area contributed by atoms with Crippen LogP contribution in [0.15, 0.2) is 12.2 Å². The molecule has 6 heteroatoms. The van der Waals surface area contributed by atoms with Crippen LogP contribution in [0.2, 0.25) is 0 Å². The van der Waals surface area contributed by atoms with Gasteiger partial charge in [0.25, 0.3) is 0 Å². The molecular formula is C13H17NO5. The predicted octanol–water partition coefficient (Wildman–Crippen LogP) is -0.111. The van der Waals surface area contributed by atoms with Gasteiger partial charge in [-0.25, -0.2) is 0 Å². The van der Waals surface area contributed by atoms with E-state index in [2.05, 4.69) is 0 Å². The first-order valence-corrected chi connectivity index (χ1v) is 6.47. The van der Waals surface area contributed by atoms with Crippen LogP contribution < -0.4 is 0 Å². The summed E-state index contributed by atoms with van der Waals surface area (Å²) in [4.78, 5) is 25.4. The minimum Gasteiger partial charge on any atom is -0.481 e. The van der Waals surface area contributed by atoms with E-state index in [-0.39, 0.29) is 5.91 Å². The van der Waals surface area contributed by atoms with Gasteiger partial charge in [-0.05, 0) is 6.42 Å². The van der Waals surface area contributed by atoms with Gasteiger partial charge in [0, 0.05) is 20.3 Å². The van der Waals surface area contributed by atoms with Gasteiger partial charge in [-0.15, -0.1) is 0 Å². The second-order valence-corrected chi connectivity index (χ2v) is 5.34. The van der Waals surface area contributed by atoms with Gasteiger partial charge >= 0.3 is 5.97 Å². The third-order valence-electron chi connectivity index (χ3n) is 4.24. The normalized spacial score (nSPS) is 39.1. The van der Waals surface area contributed by atoms with Crippen molar-refractivity contribution >= 4 is 11.9 Å². The van der Waals surface area contributed by atoms with E-state index < -0.39 is 29.5 Å². The van der Waals surface area contributed by atoms with Gasteiger partial charge in [0.15, 0.2) is 0 Å². The van der Waals surface area contributed by atoms with Gasteiger partial charge < -0.3 is 19.5 Å². The maximum Gasteiger partial charge on any atom is 0.310 e. The lowest BCUT2D eigenvalue weighted by atomic mass is 9.77. The molecule has 4 atom stereocenters. The average molecular weight is 267 g/mol. The van der Waals surface area contributed by atoms with Crippen LogP contribution in [0.1, 0.15) is 6.42 Å². The fourth-order valence-electron chi connectivity index (χ4n) is 3.45. The molecule has 1 N–H and O–H groups in total. The number of amides is 1. The Labute approximate surface area is 111 Å². The lowest BCUT2D eigenvalue weighted by Crippen LogP contribution is -2.39. The number of fused-ring (bicyclic) bond motifs is 1. The first-order chi connectivity index (χ1) is 9.09. The number of aliphatic carboxylic acids is 1. The zero-order valence-corrected chi connectivity index (χ0v) is 10.7. The van der Waals surface area contributed by atoms with Crippen molar-refractivity contribution in [3.63, 3.8) is 0 Å². The summed E-state index contributed by atoms with van der Waals surface area (Å²) in [6, 6.07) is 0. The largest absolute Gasteiger partial charge is 0.481 e. The third kappa shape index (κ3) is 1.70. The molecule has 0 aliphatic carbocycles. The number of carboxylic acid groups (broad SMARTS) is 1. The molecule has 0 radical (unpaired) electrons. The number of likely N-dealkylation sites (tertiary alicyclic amines) is 1. The van der Waals surface area contributed by atoms with Gasteiger partial charge in [0.05, 0.1) is 18.6 Å². The summed E-state index contributed by atoms with van der Waals surface area (Å²) in [6.45, 7) is 1.62. The molecule has 1 spiro atoms. The lowest BCUT2D eigenvalue weighted by Gasteiger charge is -2.21. The molecule has 2 bridgehead atoms. The van der Waals surface area contributed by atoms with E-state index in [9.17, 15) is 14.7 Å². The van der Waals surface area contributed by atoms with Crippen LogP contribution in [-0.2, 0) is 19.1 Å². The molecule has 0 saturated carbocycles. The number of rotatable bonds is 5. The predicted molar refractivity (Wildman–Crippen MR) is 64.4 cm³/mol. The molecule has 19 heavy (non-hydrogen) atoms. The van der Waals surface area contributed by atoms with E-state index in [1.54, 1.807) is 18.1 Å². The summed E-state index contributed by atoms with van der Waals surface area (Å²) < 4.78 is 10.8. The van der Waals surface area contributed by atoms with E-state index in [1.165, 1.54) is 0 Å². The Balaban J connectivity index is 1.79. The van der Waals surface area contributed by atoms with E-state index in [0.717, 1.165) is 6.42 Å². The zero-order chi connectivity index (χ0) is 13.6. The Morgan fingerprint density at radius 3 is 3.16 bits per heavy atom. The average Bonchev–Trinajstić information content (AvgIpc) is 2.99. The number of methoxy groups -OCH3 is 1. The molecule has 3 heterocycles. The molecule has 3 aliphatic heterocycles. The number of nitrogens with zero attached hydrogens (tertiary/aromatic N) is 1. The van der Waals surface area contributed by atoms with Crippen molar-refractivity contribution < 1.29 is 24.2 Å². The standard InChI is InChI=1S/C13H17NO5/c1-18-6-2-5-14-7-13-4-3-8(19-13)9(12(16)17)10(13)11(14)15/h3-4,8-10H,2,5-7H2,1H3,(H,16,17)/t8-,9-,10-,13+/m1/s1. The van der Waals surface area contributed by atoms with E-state index in [1.807, 2.05) is 6.08 Å². The highest BCUT2D eigenvalue weighted by atomic mass is 16.5. The van der Waals surface area contributed by atoms with Crippen LogP contribution in [0.25, 0.3) is 0 Å². The summed E-state index contributed by atoms with van der Waals surface area (Å²) in [5.41, 5.74) is -0.710. The maximum absolute atomic E-state index is 12.4. The number of carboxylic acids is 1. The maximum atomic E-state index is 12.4. The summed E-state index contributed by atoms with van der Waals surface area (Å²) in [5, 5.41) is 9.29. The van der Waals surface area contributed by atoms with Crippen LogP contribution in [0.5, 0.6) is 0 Å². The monoisotopic (exact) mass is 267 g/mol. The van der Waals surface area contributed by atoms with Gasteiger partial charge in [-0.1, -0.05) is 12.2 Å². The molecule has 1 amide bonds. The Bertz CT molecular complexity index is 448. The third-order valence-corrected chi connectivity index (χ3v) is 4.24. The first-order valence-electron chi connectivity index (χ1n) is 6.47. The van der Waals surface area contributed by atoms with Crippen molar-refractivity contribution in [1.82, 2.24) is 4.90 Å². The minimum absolute atomic E-state index is 0.102. The quantitative estimate of drug-likeness (QED) is 0.555. The van der Waals surface area contributed by atoms with Crippen molar-refractivity contribution in [1.29, 1.82) is 0 Å². The number of carbonyl (C=O) groups excluding carboxylic acids is 1. The second-order valence-electron chi connectivity index (χ2n) is 5.34. The fourth-order valence-corrected chi connectivity index (χ4v) is 3.45. The summed E-state index contributed by atoms with van der Waals surface area (Å²) in [6.07, 6.45) is 3.94. The van der Waals surface area contributed by atoms with E-state index >= 15 is 0 Å². The molecule has 0 unspecified atom stereocenters. The highest BCUT2D eigenvalue weighted by Gasteiger charge is 2.66. The summed E-state index contributed by atoms with van der Waals surface area (Å²) in [7, 11) is 1.62. The van der Waals surface area contributed by atoms with Gasteiger partial charge in [0.2, 0.25) is 5.91 Å². The number of hydrogen-bond acceptors (Lipinski definition) is 4. The van der Waals surface area contributed by atoms with Crippen LogP contribution in [-0.4, -0.2) is 60.4 Å². The molecule has 0 aromatic rings. The summed E-state index contributed by atoms with van der Waals surface area (Å²) >= 11 is 0. The molecule has 104 valence electrons. The van der Waals surface area contributed by atoms with Gasteiger partial charge in [-0.2, -0.15) is 0 Å². The smallest absolute Gasteiger partial charge is 0.310 e. The Morgan fingerprint density at radius 2 is 2.47 bits per heavy atom. The Morgan fingerprint density at radius 1 is 1.68 bits per heavy atom. The van der Waals surface area contributed by atoms with E-state index in [4.69, 9.17) is 9.47 Å². The topological polar surface area (TPSA) is 76.1 Å². The first kappa shape index (κ1) is 12.6.